The number of aliphatic hydroxyl groups excluding tert-OH is 1. The molecule has 8 nitrogen and oxygen atoms in total. The zero-order valence-electron chi connectivity index (χ0n) is 20.1. The highest BCUT2D eigenvalue weighted by molar-refractivity contribution is 5.81. The van der Waals surface area contributed by atoms with E-state index in [2.05, 4.69) is 5.32 Å². The third kappa shape index (κ3) is 5.08. The molecule has 1 fully saturated rings. The Morgan fingerprint density at radius 1 is 1.25 bits per heavy atom. The van der Waals surface area contributed by atoms with Crippen molar-refractivity contribution in [2.75, 3.05) is 44.8 Å². The normalized spacial score (nSPS) is 15.1. The molecule has 1 aliphatic rings. The lowest BCUT2D eigenvalue weighted by Gasteiger charge is -2.25. The summed E-state index contributed by atoms with van der Waals surface area (Å²) in [5, 5.41) is 21.4. The number of rotatable bonds is 8. The fraction of sp³-hybridized carbons (Fsp3) is 0.346. The molecule has 36 heavy (non-hydrogen) atoms. The second-order valence-electron chi connectivity index (χ2n) is 8.76. The molecule has 1 aromatic heterocycles. The van der Waals surface area contributed by atoms with E-state index in [0.29, 0.717) is 18.4 Å². The summed E-state index contributed by atoms with van der Waals surface area (Å²) in [6.45, 7) is 2.12. The molecule has 1 atom stereocenters. The van der Waals surface area contributed by atoms with Crippen LogP contribution in [0, 0.1) is 28.9 Å². The van der Waals surface area contributed by atoms with E-state index in [1.165, 1.54) is 28.8 Å². The van der Waals surface area contributed by atoms with Gasteiger partial charge in [-0.25, -0.2) is 13.8 Å². The Hall–Kier alpha value is -3.81. The molecule has 2 N–H and O–H groups in total. The summed E-state index contributed by atoms with van der Waals surface area (Å²) >= 11 is 0. The van der Waals surface area contributed by atoms with Crippen LogP contribution in [0.25, 0.3) is 22.4 Å². The van der Waals surface area contributed by atoms with Gasteiger partial charge in [0.15, 0.2) is 11.6 Å². The molecule has 4 rings (SSSR count). The maximum absolute atomic E-state index is 14.8. The summed E-state index contributed by atoms with van der Waals surface area (Å²) < 4.78 is 35.9. The maximum Gasteiger partial charge on any atom is 0.263 e. The molecule has 10 heteroatoms. The fourth-order valence-corrected chi connectivity index (χ4v) is 4.42. The van der Waals surface area contributed by atoms with Crippen LogP contribution >= 0.6 is 0 Å². The van der Waals surface area contributed by atoms with Crippen LogP contribution in [0.5, 0.6) is 5.75 Å². The second kappa shape index (κ2) is 10.8. The molecule has 0 bridgehead atoms. The summed E-state index contributed by atoms with van der Waals surface area (Å²) in [5.74, 6) is -0.740. The predicted octanol–water partition coefficient (Wildman–Crippen LogP) is 2.68. The second-order valence-corrected chi connectivity index (χ2v) is 8.76. The number of hydrogen-bond donors (Lipinski definition) is 2. The summed E-state index contributed by atoms with van der Waals surface area (Å²) in [6, 6.07) is 9.83. The van der Waals surface area contributed by atoms with Crippen LogP contribution in [0.1, 0.15) is 12.0 Å². The summed E-state index contributed by atoms with van der Waals surface area (Å²) in [4.78, 5) is 20.3. The van der Waals surface area contributed by atoms with E-state index in [-0.39, 0.29) is 46.9 Å². The summed E-state index contributed by atoms with van der Waals surface area (Å²) in [7, 11) is 3.44. The molecule has 0 saturated carbocycles. The topological polar surface area (TPSA) is 103 Å². The van der Waals surface area contributed by atoms with Gasteiger partial charge >= 0.3 is 0 Å². The maximum atomic E-state index is 14.8. The fourth-order valence-electron chi connectivity index (χ4n) is 4.42. The number of halogens is 2. The Morgan fingerprint density at radius 3 is 2.64 bits per heavy atom. The van der Waals surface area contributed by atoms with Crippen LogP contribution in [0.2, 0.25) is 0 Å². The molecule has 0 amide bonds. The quantitative estimate of drug-likeness (QED) is 0.495. The highest BCUT2D eigenvalue weighted by Crippen LogP contribution is 2.33. The molecule has 2 aromatic carbocycles. The van der Waals surface area contributed by atoms with Gasteiger partial charge in [0.25, 0.3) is 5.56 Å². The zero-order chi connectivity index (χ0) is 25.8. The molecule has 1 saturated heterocycles. The third-order valence-corrected chi connectivity index (χ3v) is 6.24. The van der Waals surface area contributed by atoms with Gasteiger partial charge in [0, 0.05) is 26.2 Å². The Balaban J connectivity index is 1.87. The van der Waals surface area contributed by atoms with E-state index >= 15 is 0 Å². The highest BCUT2D eigenvalue weighted by Gasteiger charge is 2.24. The van der Waals surface area contributed by atoms with Gasteiger partial charge in [-0.3, -0.25) is 9.36 Å². The van der Waals surface area contributed by atoms with Crippen molar-refractivity contribution in [2.45, 2.75) is 6.42 Å². The van der Waals surface area contributed by atoms with Gasteiger partial charge in [-0.05, 0) is 55.3 Å². The standard InChI is InChI=1S/C26H27F2N5O3/c1-32(15-16-7-8-30-14-16)26-31-24(18-3-4-19(13-29)20(27)12-18)23(25(35)33(26)2)17-5-6-22(21(28)11-17)36-10-9-34/h3-6,11-12,16,30,34H,7-10,14-15H2,1-2H3. The van der Waals surface area contributed by atoms with Crippen molar-refractivity contribution in [1.82, 2.24) is 14.9 Å². The Labute approximate surface area is 207 Å². The minimum atomic E-state index is -0.741. The molecule has 188 valence electrons. The summed E-state index contributed by atoms with van der Waals surface area (Å²) in [5.41, 5.74) is 0.236. The zero-order valence-corrected chi connectivity index (χ0v) is 20.1. The highest BCUT2D eigenvalue weighted by atomic mass is 19.1. The number of hydrogen-bond acceptors (Lipinski definition) is 7. The Morgan fingerprint density at radius 2 is 2.00 bits per heavy atom. The van der Waals surface area contributed by atoms with Gasteiger partial charge in [0.05, 0.1) is 23.4 Å². The molecule has 0 radical (unpaired) electrons. The average molecular weight is 496 g/mol. The van der Waals surface area contributed by atoms with Crippen molar-refractivity contribution in [2.24, 2.45) is 13.0 Å². The first-order chi connectivity index (χ1) is 17.3. The van der Waals surface area contributed by atoms with Crippen molar-refractivity contribution in [3.63, 3.8) is 0 Å². The number of aromatic nitrogens is 2. The minimum absolute atomic E-state index is 0.0647. The molecular weight excluding hydrogens is 468 g/mol. The van der Waals surface area contributed by atoms with E-state index in [1.807, 2.05) is 11.9 Å². The van der Waals surface area contributed by atoms with Crippen molar-refractivity contribution < 1.29 is 18.6 Å². The number of aliphatic hydroxyl groups is 1. The minimum Gasteiger partial charge on any atom is -0.488 e. The lowest BCUT2D eigenvalue weighted by atomic mass is 9.99. The first-order valence-electron chi connectivity index (χ1n) is 11.6. The van der Waals surface area contributed by atoms with Crippen molar-refractivity contribution >= 4 is 5.95 Å². The van der Waals surface area contributed by atoms with E-state index in [4.69, 9.17) is 20.1 Å². The van der Waals surface area contributed by atoms with E-state index in [1.54, 1.807) is 13.1 Å². The van der Waals surface area contributed by atoms with Crippen molar-refractivity contribution in [3.8, 4) is 34.2 Å². The summed E-state index contributed by atoms with van der Waals surface area (Å²) in [6.07, 6.45) is 1.01. The number of benzene rings is 2. The van der Waals surface area contributed by atoms with Gasteiger partial charge < -0.3 is 20.1 Å². The van der Waals surface area contributed by atoms with Crippen molar-refractivity contribution in [1.29, 1.82) is 5.26 Å². The number of nitrogens with zero attached hydrogens (tertiary/aromatic N) is 4. The van der Waals surface area contributed by atoms with Gasteiger partial charge in [-0.15, -0.1) is 0 Å². The van der Waals surface area contributed by atoms with Crippen LogP contribution in [0.3, 0.4) is 0 Å². The van der Waals surface area contributed by atoms with Crippen LogP contribution in [0.15, 0.2) is 41.2 Å². The predicted molar refractivity (Wildman–Crippen MR) is 132 cm³/mol. The molecule has 1 aliphatic heterocycles. The molecule has 2 heterocycles. The van der Waals surface area contributed by atoms with Crippen LogP contribution in [0.4, 0.5) is 14.7 Å². The van der Waals surface area contributed by atoms with Gasteiger partial charge in [0.2, 0.25) is 5.95 Å². The van der Waals surface area contributed by atoms with Gasteiger partial charge in [-0.1, -0.05) is 12.1 Å². The SMILES string of the molecule is CN(CC1CCNC1)c1nc(-c2ccc(C#N)c(F)c2)c(-c2ccc(OCCO)c(F)c2)c(=O)n1C. The number of ether oxygens (including phenoxy) is 1. The lowest BCUT2D eigenvalue weighted by Crippen LogP contribution is -2.34. The molecule has 1 unspecified atom stereocenters. The number of nitrogens with one attached hydrogen (secondary N) is 1. The van der Waals surface area contributed by atoms with Crippen LogP contribution in [-0.2, 0) is 7.05 Å². The van der Waals surface area contributed by atoms with Crippen LogP contribution in [-0.4, -0.2) is 54.6 Å². The van der Waals surface area contributed by atoms with Crippen LogP contribution < -0.4 is 20.5 Å². The van der Waals surface area contributed by atoms with Gasteiger partial charge in [-0.2, -0.15) is 5.26 Å². The Bertz CT molecular complexity index is 1360. The first-order valence-corrected chi connectivity index (χ1v) is 11.6. The monoisotopic (exact) mass is 495 g/mol. The van der Waals surface area contributed by atoms with E-state index in [9.17, 15) is 13.6 Å². The van der Waals surface area contributed by atoms with Gasteiger partial charge in [0.1, 0.15) is 18.5 Å². The third-order valence-electron chi connectivity index (χ3n) is 6.24. The number of anilines is 1. The smallest absolute Gasteiger partial charge is 0.263 e. The molecule has 0 aliphatic carbocycles. The average Bonchev–Trinajstić information content (AvgIpc) is 3.37. The molecule has 0 spiro atoms. The number of nitriles is 1. The van der Waals surface area contributed by atoms with E-state index < -0.39 is 17.2 Å². The first kappa shape index (κ1) is 25.3. The Kier molecular flexibility index (Phi) is 7.62. The lowest BCUT2D eigenvalue weighted by molar-refractivity contribution is 0.196. The van der Waals surface area contributed by atoms with Crippen molar-refractivity contribution in [3.05, 3.63) is 63.9 Å². The largest absolute Gasteiger partial charge is 0.488 e. The molecular formula is C26H27F2N5O3. The van der Waals surface area contributed by atoms with E-state index in [0.717, 1.165) is 31.6 Å². The molecule has 3 aromatic rings.